The third-order valence-electron chi connectivity index (χ3n) is 7.35. The van der Waals surface area contributed by atoms with Gasteiger partial charge in [-0.3, -0.25) is 9.59 Å². The van der Waals surface area contributed by atoms with Crippen LogP contribution in [0.4, 0.5) is 19.0 Å². The van der Waals surface area contributed by atoms with Crippen LogP contribution in [0.3, 0.4) is 0 Å². The lowest BCUT2D eigenvalue weighted by molar-refractivity contribution is -0.137. The molecule has 1 aliphatic carbocycles. The Bertz CT molecular complexity index is 1410. The number of carbonyl (C=O) groups excluding carboxylic acids is 2. The number of nitrogens with zero attached hydrogens (tertiary/aromatic N) is 3. The van der Waals surface area contributed by atoms with Crippen LogP contribution in [0.2, 0.25) is 0 Å². The third kappa shape index (κ3) is 3.69. The lowest BCUT2D eigenvalue weighted by Gasteiger charge is -2.39. The zero-order valence-corrected chi connectivity index (χ0v) is 19.5. The van der Waals surface area contributed by atoms with Crippen molar-refractivity contribution in [3.8, 4) is 0 Å². The summed E-state index contributed by atoms with van der Waals surface area (Å²) in [6, 6.07) is 4.55. The fourth-order valence-electron chi connectivity index (χ4n) is 5.20. The van der Waals surface area contributed by atoms with Gasteiger partial charge < -0.3 is 25.3 Å². The molecule has 1 aromatic carbocycles. The highest BCUT2D eigenvalue weighted by atomic mass is 19.4. The Morgan fingerprint density at radius 1 is 1.19 bits per heavy atom. The zero-order chi connectivity index (χ0) is 25.4. The van der Waals surface area contributed by atoms with Crippen LogP contribution in [0.1, 0.15) is 57.2 Å². The van der Waals surface area contributed by atoms with Gasteiger partial charge in [0, 0.05) is 37.2 Å². The van der Waals surface area contributed by atoms with Crippen molar-refractivity contribution in [2.24, 2.45) is 5.92 Å². The summed E-state index contributed by atoms with van der Waals surface area (Å²) >= 11 is 0. The molecule has 0 radical (unpaired) electrons. The largest absolute Gasteiger partial charge is 0.416 e. The van der Waals surface area contributed by atoms with Crippen LogP contribution in [0.5, 0.6) is 0 Å². The highest BCUT2D eigenvalue weighted by Gasteiger charge is 2.40. The van der Waals surface area contributed by atoms with Crippen molar-refractivity contribution in [1.29, 1.82) is 0 Å². The summed E-state index contributed by atoms with van der Waals surface area (Å²) in [5.74, 6) is -0.175. The standard InChI is InChI=1S/C25H24F3N5O3/c1-32(24(35)19-7-18-21(30-19)16-10-36-11-17(16)22(29)31-18)20-9-33(23(34)12-2-3-12)8-13-6-14(25(26,27)28)4-5-15(13)20/h4-7,12,20,30H,2-3,8-11H2,1H3,(H2,29,31)/t20-/m0/s1. The van der Waals surface area contributed by atoms with E-state index in [9.17, 15) is 22.8 Å². The van der Waals surface area contributed by atoms with E-state index in [2.05, 4.69) is 9.97 Å². The van der Waals surface area contributed by atoms with E-state index >= 15 is 0 Å². The SMILES string of the molecule is CN(C(=O)c1cc2nc(N)c3c(c2[nH]1)COC3)[C@H]1CN(C(=O)C2CC2)Cc2cc(C(F)(F)F)ccc21. The predicted molar refractivity (Wildman–Crippen MR) is 123 cm³/mol. The van der Waals surface area contributed by atoms with Crippen LogP contribution >= 0.6 is 0 Å². The lowest BCUT2D eigenvalue weighted by Crippen LogP contribution is -2.45. The number of amides is 2. The number of alkyl halides is 3. The Morgan fingerprint density at radius 2 is 1.94 bits per heavy atom. The van der Waals surface area contributed by atoms with Crippen molar-refractivity contribution < 1.29 is 27.5 Å². The number of aromatic amines is 1. The highest BCUT2D eigenvalue weighted by Crippen LogP contribution is 2.39. The second kappa shape index (κ2) is 7.95. The monoisotopic (exact) mass is 499 g/mol. The van der Waals surface area contributed by atoms with Gasteiger partial charge in [-0.2, -0.15) is 13.2 Å². The van der Waals surface area contributed by atoms with Crippen LogP contribution in [0, 0.1) is 5.92 Å². The van der Waals surface area contributed by atoms with Gasteiger partial charge >= 0.3 is 6.18 Å². The molecule has 2 amide bonds. The Labute approximate surface area is 204 Å². The summed E-state index contributed by atoms with van der Waals surface area (Å²) in [6.45, 7) is 1.02. The number of ether oxygens (including phenoxy) is 1. The molecule has 2 aliphatic heterocycles. The van der Waals surface area contributed by atoms with Gasteiger partial charge in [-0.15, -0.1) is 0 Å². The summed E-state index contributed by atoms with van der Waals surface area (Å²) in [5.41, 5.74) is 9.44. The van der Waals surface area contributed by atoms with Gasteiger partial charge in [0.15, 0.2) is 0 Å². The number of H-pyrrole nitrogens is 1. The molecule has 0 saturated heterocycles. The van der Waals surface area contributed by atoms with Crippen molar-refractivity contribution >= 4 is 28.7 Å². The van der Waals surface area contributed by atoms with E-state index in [1.165, 1.54) is 11.0 Å². The number of rotatable bonds is 3. The Hall–Kier alpha value is -3.60. The summed E-state index contributed by atoms with van der Waals surface area (Å²) in [7, 11) is 1.60. The molecule has 36 heavy (non-hydrogen) atoms. The molecule has 1 fully saturated rings. The van der Waals surface area contributed by atoms with E-state index in [1.54, 1.807) is 18.0 Å². The first-order valence-corrected chi connectivity index (χ1v) is 11.8. The van der Waals surface area contributed by atoms with E-state index in [0.29, 0.717) is 41.2 Å². The Morgan fingerprint density at radius 3 is 2.67 bits per heavy atom. The maximum atomic E-state index is 13.6. The van der Waals surface area contributed by atoms with E-state index in [0.717, 1.165) is 36.1 Å². The molecule has 0 spiro atoms. The van der Waals surface area contributed by atoms with E-state index in [4.69, 9.17) is 10.5 Å². The second-order valence-electron chi connectivity index (χ2n) is 9.73. The topological polar surface area (TPSA) is 105 Å². The normalized spacial score (nSPS) is 19.3. The van der Waals surface area contributed by atoms with E-state index < -0.39 is 17.8 Å². The molecule has 4 heterocycles. The number of nitrogen functional groups attached to an aromatic ring is 1. The predicted octanol–water partition coefficient (Wildman–Crippen LogP) is 3.76. The molecular formula is C25H24F3N5O3. The number of benzene rings is 1. The number of anilines is 1. The van der Waals surface area contributed by atoms with Crippen LogP contribution in [0.25, 0.3) is 11.0 Å². The van der Waals surface area contributed by atoms with Crippen molar-refractivity contribution in [2.45, 2.75) is 44.8 Å². The number of likely N-dealkylation sites (N-methyl/N-ethyl adjacent to an activating group) is 1. The fraction of sp³-hybridized carbons (Fsp3) is 0.400. The number of nitrogens with one attached hydrogen (secondary N) is 1. The number of aromatic nitrogens is 2. The molecule has 1 saturated carbocycles. The summed E-state index contributed by atoms with van der Waals surface area (Å²) in [5, 5.41) is 0. The number of halogens is 3. The number of hydrogen-bond acceptors (Lipinski definition) is 5. The minimum absolute atomic E-state index is 0.0789. The van der Waals surface area contributed by atoms with E-state index in [1.807, 2.05) is 0 Å². The summed E-state index contributed by atoms with van der Waals surface area (Å²) in [4.78, 5) is 37.0. The highest BCUT2D eigenvalue weighted by molar-refractivity contribution is 5.98. The quantitative estimate of drug-likeness (QED) is 0.571. The molecular weight excluding hydrogens is 475 g/mol. The van der Waals surface area contributed by atoms with Crippen molar-refractivity contribution in [2.75, 3.05) is 19.3 Å². The van der Waals surface area contributed by atoms with Crippen molar-refractivity contribution in [3.05, 3.63) is 57.8 Å². The molecule has 2 aromatic heterocycles. The molecule has 0 bridgehead atoms. The molecule has 8 nitrogen and oxygen atoms in total. The first-order chi connectivity index (χ1) is 17.1. The molecule has 0 unspecified atom stereocenters. The van der Waals surface area contributed by atoms with Crippen LogP contribution in [0.15, 0.2) is 24.3 Å². The lowest BCUT2D eigenvalue weighted by atomic mass is 9.92. The average molecular weight is 499 g/mol. The number of pyridine rings is 1. The molecule has 3 aliphatic rings. The number of hydrogen-bond donors (Lipinski definition) is 2. The smallest absolute Gasteiger partial charge is 0.383 e. The van der Waals surface area contributed by atoms with Crippen LogP contribution in [-0.2, 0) is 35.5 Å². The summed E-state index contributed by atoms with van der Waals surface area (Å²) < 4.78 is 45.7. The molecule has 11 heteroatoms. The number of carbonyl (C=O) groups is 2. The average Bonchev–Trinajstić information content (AvgIpc) is 3.41. The van der Waals surface area contributed by atoms with Gasteiger partial charge in [0.1, 0.15) is 11.5 Å². The maximum absolute atomic E-state index is 13.6. The number of nitrogens with two attached hydrogens (primary N) is 1. The molecule has 3 N–H and O–H groups in total. The Balaban J connectivity index is 1.36. The van der Waals surface area contributed by atoms with Crippen LogP contribution in [-0.4, -0.2) is 45.2 Å². The van der Waals surface area contributed by atoms with Gasteiger partial charge in [-0.25, -0.2) is 4.98 Å². The van der Waals surface area contributed by atoms with Gasteiger partial charge in [-0.1, -0.05) is 6.07 Å². The molecule has 6 rings (SSSR count). The van der Waals surface area contributed by atoms with Crippen molar-refractivity contribution in [1.82, 2.24) is 19.8 Å². The third-order valence-corrected chi connectivity index (χ3v) is 7.35. The second-order valence-corrected chi connectivity index (χ2v) is 9.73. The Kier molecular flexibility index (Phi) is 5.05. The fourth-order valence-corrected chi connectivity index (χ4v) is 5.20. The minimum atomic E-state index is -4.50. The summed E-state index contributed by atoms with van der Waals surface area (Å²) in [6.07, 6.45) is -2.94. The first-order valence-electron chi connectivity index (χ1n) is 11.8. The van der Waals surface area contributed by atoms with E-state index in [-0.39, 0.29) is 36.5 Å². The van der Waals surface area contributed by atoms with Crippen LogP contribution < -0.4 is 5.73 Å². The molecule has 1 atom stereocenters. The first kappa shape index (κ1) is 22.8. The minimum Gasteiger partial charge on any atom is -0.383 e. The number of fused-ring (bicyclic) bond motifs is 4. The zero-order valence-electron chi connectivity index (χ0n) is 19.5. The van der Waals surface area contributed by atoms with Gasteiger partial charge in [0.05, 0.1) is 35.9 Å². The van der Waals surface area contributed by atoms with Gasteiger partial charge in [0.25, 0.3) is 5.91 Å². The van der Waals surface area contributed by atoms with Crippen molar-refractivity contribution in [3.63, 3.8) is 0 Å². The van der Waals surface area contributed by atoms with Gasteiger partial charge in [-0.05, 0) is 42.2 Å². The molecule has 3 aromatic rings. The maximum Gasteiger partial charge on any atom is 0.416 e. The molecule has 188 valence electrons. The van der Waals surface area contributed by atoms with Gasteiger partial charge in [0.2, 0.25) is 5.91 Å².